The summed E-state index contributed by atoms with van der Waals surface area (Å²) in [5.74, 6) is 0.364. The third-order valence-electron chi connectivity index (χ3n) is 3.44. The maximum absolute atomic E-state index is 12.2. The van der Waals surface area contributed by atoms with Crippen LogP contribution in [0.5, 0.6) is 5.75 Å². The van der Waals surface area contributed by atoms with Crippen LogP contribution in [0.1, 0.15) is 12.8 Å². The summed E-state index contributed by atoms with van der Waals surface area (Å²) in [5.41, 5.74) is 6.09. The van der Waals surface area contributed by atoms with Gasteiger partial charge in [0.1, 0.15) is 5.75 Å². The number of sulfonamides is 1. The number of ether oxygens (including phenoxy) is 1. The van der Waals surface area contributed by atoms with E-state index < -0.39 is 10.0 Å². The zero-order valence-corrected chi connectivity index (χ0v) is 12.6. The fraction of sp³-hybridized carbons (Fsp3) is 0.538. The Balaban J connectivity index is 1.98. The number of benzene rings is 1. The van der Waals surface area contributed by atoms with Gasteiger partial charge in [0.15, 0.2) is 0 Å². The summed E-state index contributed by atoms with van der Waals surface area (Å²) in [6.07, 6.45) is 2.41. The molecule has 0 saturated heterocycles. The molecule has 1 aliphatic rings. The van der Waals surface area contributed by atoms with Crippen molar-refractivity contribution in [2.24, 2.45) is 0 Å². The lowest BCUT2D eigenvalue weighted by Crippen LogP contribution is -2.34. The molecule has 0 radical (unpaired) electrons. The molecular weight excluding hydrogens is 278 g/mol. The van der Waals surface area contributed by atoms with Gasteiger partial charge in [-0.15, -0.1) is 0 Å². The van der Waals surface area contributed by atoms with E-state index >= 15 is 0 Å². The fourth-order valence-electron chi connectivity index (χ4n) is 2.00. The molecule has 0 spiro atoms. The van der Waals surface area contributed by atoms with E-state index in [1.54, 1.807) is 0 Å². The second-order valence-corrected chi connectivity index (χ2v) is 6.78. The molecule has 0 bridgehead atoms. The molecule has 2 rings (SSSR count). The highest BCUT2D eigenvalue weighted by molar-refractivity contribution is 7.89. The van der Waals surface area contributed by atoms with Gasteiger partial charge in [0, 0.05) is 25.2 Å². The van der Waals surface area contributed by atoms with Crippen LogP contribution in [-0.2, 0) is 10.0 Å². The summed E-state index contributed by atoms with van der Waals surface area (Å²) in [6.45, 7) is 1.10. The van der Waals surface area contributed by atoms with E-state index in [-0.39, 0.29) is 4.90 Å². The summed E-state index contributed by atoms with van der Waals surface area (Å²) < 4.78 is 31.9. The highest BCUT2D eigenvalue weighted by atomic mass is 32.2. The predicted octanol–water partition coefficient (Wildman–Crippen LogP) is 0.650. The van der Waals surface area contributed by atoms with Crippen molar-refractivity contribution in [3.05, 3.63) is 18.2 Å². The highest BCUT2D eigenvalue weighted by Gasteiger charge is 2.26. The molecule has 0 aromatic heterocycles. The average molecular weight is 299 g/mol. The van der Waals surface area contributed by atoms with Gasteiger partial charge in [-0.2, -0.15) is 0 Å². The van der Waals surface area contributed by atoms with Crippen molar-refractivity contribution in [3.63, 3.8) is 0 Å². The van der Waals surface area contributed by atoms with Gasteiger partial charge >= 0.3 is 0 Å². The molecule has 112 valence electrons. The van der Waals surface area contributed by atoms with E-state index in [2.05, 4.69) is 9.62 Å². The number of anilines is 1. The second kappa shape index (κ2) is 5.99. The molecule has 1 fully saturated rings. The van der Waals surface area contributed by atoms with Gasteiger partial charge < -0.3 is 15.4 Å². The molecule has 1 aromatic carbocycles. The minimum atomic E-state index is -3.52. The SMILES string of the molecule is COc1cc(S(=O)(=O)NCCN(C)C2CC2)ccc1N. The Kier molecular flexibility index (Phi) is 4.52. The zero-order valence-electron chi connectivity index (χ0n) is 11.8. The van der Waals surface area contributed by atoms with Gasteiger partial charge in [0.05, 0.1) is 17.7 Å². The molecule has 0 aliphatic heterocycles. The Morgan fingerprint density at radius 3 is 2.75 bits per heavy atom. The van der Waals surface area contributed by atoms with E-state index in [1.165, 1.54) is 38.2 Å². The van der Waals surface area contributed by atoms with Crippen molar-refractivity contribution in [2.45, 2.75) is 23.8 Å². The Hall–Kier alpha value is -1.31. The normalized spacial score (nSPS) is 15.6. The monoisotopic (exact) mass is 299 g/mol. The largest absolute Gasteiger partial charge is 0.495 e. The minimum absolute atomic E-state index is 0.164. The van der Waals surface area contributed by atoms with Gasteiger partial charge in [-0.25, -0.2) is 13.1 Å². The van der Waals surface area contributed by atoms with Gasteiger partial charge in [-0.1, -0.05) is 0 Å². The maximum atomic E-state index is 12.2. The van der Waals surface area contributed by atoms with Gasteiger partial charge in [-0.05, 0) is 32.0 Å². The molecule has 1 aliphatic carbocycles. The van der Waals surface area contributed by atoms with Crippen LogP contribution in [0.25, 0.3) is 0 Å². The van der Waals surface area contributed by atoms with Crippen LogP contribution in [-0.4, -0.2) is 46.6 Å². The summed E-state index contributed by atoms with van der Waals surface area (Å²) in [5, 5.41) is 0. The van der Waals surface area contributed by atoms with Crippen LogP contribution >= 0.6 is 0 Å². The van der Waals surface area contributed by atoms with E-state index in [1.807, 2.05) is 7.05 Å². The van der Waals surface area contributed by atoms with E-state index in [9.17, 15) is 8.42 Å². The summed E-state index contributed by atoms with van der Waals surface area (Å²) in [6, 6.07) is 5.06. The van der Waals surface area contributed by atoms with Crippen molar-refractivity contribution < 1.29 is 13.2 Å². The van der Waals surface area contributed by atoms with Gasteiger partial charge in [-0.3, -0.25) is 0 Å². The molecule has 0 heterocycles. The van der Waals surface area contributed by atoms with Crippen LogP contribution < -0.4 is 15.2 Å². The molecule has 6 nitrogen and oxygen atoms in total. The van der Waals surface area contributed by atoms with Crippen molar-refractivity contribution >= 4 is 15.7 Å². The van der Waals surface area contributed by atoms with Crippen LogP contribution in [0.2, 0.25) is 0 Å². The Labute approximate surface area is 120 Å². The number of hydrogen-bond acceptors (Lipinski definition) is 5. The van der Waals surface area contributed by atoms with Crippen molar-refractivity contribution in [1.29, 1.82) is 0 Å². The number of methoxy groups -OCH3 is 1. The molecule has 20 heavy (non-hydrogen) atoms. The van der Waals surface area contributed by atoms with E-state index in [0.717, 1.165) is 0 Å². The average Bonchev–Trinajstić information content (AvgIpc) is 3.23. The van der Waals surface area contributed by atoms with Crippen LogP contribution in [0.4, 0.5) is 5.69 Å². The van der Waals surface area contributed by atoms with Crippen molar-refractivity contribution in [2.75, 3.05) is 33.0 Å². The Bertz CT molecular complexity index is 570. The Morgan fingerprint density at radius 1 is 1.45 bits per heavy atom. The first-order valence-corrected chi connectivity index (χ1v) is 8.06. The molecule has 1 saturated carbocycles. The molecule has 0 amide bonds. The van der Waals surface area contributed by atoms with Crippen LogP contribution in [0, 0.1) is 0 Å². The summed E-state index contributed by atoms with van der Waals surface area (Å²) >= 11 is 0. The maximum Gasteiger partial charge on any atom is 0.240 e. The molecule has 0 unspecified atom stereocenters. The number of nitrogens with two attached hydrogens (primary N) is 1. The lowest BCUT2D eigenvalue weighted by Gasteiger charge is -2.16. The van der Waals surface area contributed by atoms with Crippen LogP contribution in [0.3, 0.4) is 0 Å². The lowest BCUT2D eigenvalue weighted by atomic mass is 10.3. The first kappa shape index (κ1) is 15.1. The second-order valence-electron chi connectivity index (χ2n) is 5.01. The first-order valence-electron chi connectivity index (χ1n) is 6.57. The number of likely N-dealkylation sites (N-methyl/N-ethyl adjacent to an activating group) is 1. The molecule has 0 atom stereocenters. The third-order valence-corrected chi connectivity index (χ3v) is 4.90. The van der Waals surface area contributed by atoms with E-state index in [4.69, 9.17) is 10.5 Å². The van der Waals surface area contributed by atoms with Crippen molar-refractivity contribution in [3.8, 4) is 5.75 Å². The quantitative estimate of drug-likeness (QED) is 0.722. The van der Waals surface area contributed by atoms with Gasteiger partial charge in [0.25, 0.3) is 0 Å². The smallest absolute Gasteiger partial charge is 0.240 e. The molecule has 1 aromatic rings. The minimum Gasteiger partial charge on any atom is -0.495 e. The number of rotatable bonds is 7. The van der Waals surface area contributed by atoms with E-state index in [0.29, 0.717) is 30.6 Å². The first-order chi connectivity index (χ1) is 9.44. The number of nitrogen functional groups attached to an aromatic ring is 1. The number of nitrogens with one attached hydrogen (secondary N) is 1. The highest BCUT2D eigenvalue weighted by Crippen LogP contribution is 2.25. The Morgan fingerprint density at radius 2 is 2.15 bits per heavy atom. The summed E-state index contributed by atoms with van der Waals surface area (Å²) in [7, 11) is -0.0523. The molecule has 7 heteroatoms. The fourth-order valence-corrected chi connectivity index (χ4v) is 3.03. The lowest BCUT2D eigenvalue weighted by molar-refractivity contribution is 0.329. The zero-order chi connectivity index (χ0) is 14.8. The number of nitrogens with zero attached hydrogens (tertiary/aromatic N) is 1. The standard InChI is InChI=1S/C13H21N3O3S/c1-16(10-3-4-10)8-7-15-20(17,18)11-5-6-12(14)13(9-11)19-2/h5-6,9-10,15H,3-4,7-8,14H2,1-2H3. The summed E-state index contributed by atoms with van der Waals surface area (Å²) in [4.78, 5) is 2.34. The number of hydrogen-bond donors (Lipinski definition) is 2. The molecular formula is C13H21N3O3S. The van der Waals surface area contributed by atoms with Crippen molar-refractivity contribution in [1.82, 2.24) is 9.62 Å². The topological polar surface area (TPSA) is 84.7 Å². The predicted molar refractivity (Wildman–Crippen MR) is 78.2 cm³/mol. The van der Waals surface area contributed by atoms with Gasteiger partial charge in [0.2, 0.25) is 10.0 Å². The molecule has 3 N–H and O–H groups in total. The third kappa shape index (κ3) is 3.62. The van der Waals surface area contributed by atoms with Crippen LogP contribution in [0.15, 0.2) is 23.1 Å².